The van der Waals surface area contributed by atoms with Crippen LogP contribution in [0.4, 0.5) is 11.4 Å². The van der Waals surface area contributed by atoms with E-state index in [9.17, 15) is 19.7 Å². The average molecular weight is 410 g/mol. The normalized spacial score (nSPS) is 11.4. The van der Waals surface area contributed by atoms with Crippen molar-refractivity contribution in [3.63, 3.8) is 0 Å². The topological polar surface area (TPSA) is 126 Å². The summed E-state index contributed by atoms with van der Waals surface area (Å²) in [6.07, 6.45) is 0.285. The molecule has 10 heteroatoms. The molecule has 10 nitrogen and oxygen atoms in total. The molecule has 1 heterocycles. The molecule has 0 bridgehead atoms. The minimum atomic E-state index is -1.23. The fraction of sp³-hybridized carbons (Fsp3) is 0.150. The molecule has 0 saturated carbocycles. The Morgan fingerprint density at radius 1 is 1.13 bits per heavy atom. The number of nitrogens with zero attached hydrogens (tertiary/aromatic N) is 3. The Kier molecular flexibility index (Phi) is 6.06. The van der Waals surface area contributed by atoms with Gasteiger partial charge in [0.05, 0.1) is 23.9 Å². The quantitative estimate of drug-likeness (QED) is 0.360. The van der Waals surface area contributed by atoms with Gasteiger partial charge in [0.25, 0.3) is 11.6 Å². The number of nitro groups is 1. The lowest BCUT2D eigenvalue weighted by molar-refractivity contribution is -0.383. The van der Waals surface area contributed by atoms with E-state index < -0.39 is 22.9 Å². The molecule has 3 aromatic rings. The van der Waals surface area contributed by atoms with Crippen LogP contribution in [0, 0.1) is 10.1 Å². The van der Waals surface area contributed by atoms with Crippen molar-refractivity contribution in [2.24, 2.45) is 0 Å². The summed E-state index contributed by atoms with van der Waals surface area (Å²) >= 11 is 0. The molecular formula is C20H18N4O6. The van der Waals surface area contributed by atoms with E-state index in [1.54, 1.807) is 18.2 Å². The van der Waals surface area contributed by atoms with Crippen LogP contribution >= 0.6 is 0 Å². The third-order valence-corrected chi connectivity index (χ3v) is 4.13. The van der Waals surface area contributed by atoms with Gasteiger partial charge >= 0.3 is 5.97 Å². The van der Waals surface area contributed by atoms with Crippen molar-refractivity contribution >= 4 is 23.3 Å². The first-order chi connectivity index (χ1) is 14.4. The molecule has 1 amide bonds. The predicted octanol–water partition coefficient (Wildman–Crippen LogP) is 2.97. The summed E-state index contributed by atoms with van der Waals surface area (Å²) in [7, 11) is 1.38. The van der Waals surface area contributed by atoms with E-state index in [-0.39, 0.29) is 22.8 Å². The molecular weight excluding hydrogens is 392 g/mol. The number of nitrogens with one attached hydrogen (secondary N) is 1. The van der Waals surface area contributed by atoms with Gasteiger partial charge in [-0.2, -0.15) is 5.10 Å². The summed E-state index contributed by atoms with van der Waals surface area (Å²) in [6, 6.07) is 14.7. The lowest BCUT2D eigenvalue weighted by Gasteiger charge is -2.13. The molecule has 30 heavy (non-hydrogen) atoms. The maximum Gasteiger partial charge on any atom is 0.363 e. The summed E-state index contributed by atoms with van der Waals surface area (Å²) in [5.41, 5.74) is 0.331. The van der Waals surface area contributed by atoms with Crippen molar-refractivity contribution in [2.45, 2.75) is 13.0 Å². The van der Waals surface area contributed by atoms with Crippen LogP contribution in [0.2, 0.25) is 0 Å². The van der Waals surface area contributed by atoms with Gasteiger partial charge < -0.3 is 14.8 Å². The maximum absolute atomic E-state index is 12.5. The Morgan fingerprint density at radius 2 is 1.80 bits per heavy atom. The van der Waals surface area contributed by atoms with Crippen molar-refractivity contribution in [3.8, 4) is 11.4 Å². The van der Waals surface area contributed by atoms with Crippen LogP contribution in [-0.4, -0.2) is 39.8 Å². The van der Waals surface area contributed by atoms with Crippen molar-refractivity contribution < 1.29 is 24.0 Å². The molecule has 2 aromatic carbocycles. The van der Waals surface area contributed by atoms with Crippen LogP contribution in [0.3, 0.4) is 0 Å². The van der Waals surface area contributed by atoms with Crippen molar-refractivity contribution in [3.05, 3.63) is 76.6 Å². The molecule has 1 N–H and O–H groups in total. The number of hydrogen-bond acceptors (Lipinski definition) is 7. The molecule has 1 aromatic heterocycles. The van der Waals surface area contributed by atoms with E-state index in [4.69, 9.17) is 9.47 Å². The number of methoxy groups -OCH3 is 1. The summed E-state index contributed by atoms with van der Waals surface area (Å²) in [4.78, 5) is 35.4. The van der Waals surface area contributed by atoms with E-state index in [0.717, 1.165) is 0 Å². The van der Waals surface area contributed by atoms with Gasteiger partial charge in [0.2, 0.25) is 5.69 Å². The highest BCUT2D eigenvalue weighted by Gasteiger charge is 2.26. The Labute approximate surface area is 171 Å². The van der Waals surface area contributed by atoms with Crippen LogP contribution in [0.5, 0.6) is 5.75 Å². The van der Waals surface area contributed by atoms with Crippen molar-refractivity contribution in [1.29, 1.82) is 0 Å². The highest BCUT2D eigenvalue weighted by Crippen LogP contribution is 2.24. The Hall–Kier alpha value is -4.21. The molecule has 0 aliphatic heterocycles. The first-order valence-corrected chi connectivity index (χ1v) is 8.85. The zero-order chi connectivity index (χ0) is 21.7. The van der Waals surface area contributed by atoms with E-state index in [1.807, 2.05) is 18.2 Å². The molecule has 0 spiro atoms. The Morgan fingerprint density at radius 3 is 2.47 bits per heavy atom. The fourth-order valence-corrected chi connectivity index (χ4v) is 2.60. The van der Waals surface area contributed by atoms with Crippen LogP contribution in [-0.2, 0) is 9.53 Å². The standard InChI is InChI=1S/C20H18N4O6/c1-13(19(25)21-15-10-6-7-11-16(15)24(27)28)30-20(26)18-17(29-2)12-23(22-18)14-8-4-3-5-9-14/h3-13H,1-2H3,(H,21,25)/t13-/m1/s1. The number of ether oxygens (including phenoxy) is 2. The second-order valence-electron chi connectivity index (χ2n) is 6.14. The van der Waals surface area contributed by atoms with Gasteiger partial charge in [-0.25, -0.2) is 9.48 Å². The minimum Gasteiger partial charge on any atom is -0.493 e. The van der Waals surface area contributed by atoms with Gasteiger partial charge in [-0.3, -0.25) is 14.9 Å². The Balaban J connectivity index is 1.73. The van der Waals surface area contributed by atoms with Crippen LogP contribution in [0.15, 0.2) is 60.8 Å². The zero-order valence-electron chi connectivity index (χ0n) is 16.1. The van der Waals surface area contributed by atoms with Gasteiger partial charge in [-0.05, 0) is 25.1 Å². The SMILES string of the molecule is COc1cn(-c2ccccc2)nc1C(=O)O[C@H](C)C(=O)Nc1ccccc1[N+](=O)[O-]. The first kappa shape index (κ1) is 20.5. The number of esters is 1. The largest absolute Gasteiger partial charge is 0.493 e. The molecule has 0 aliphatic carbocycles. The fourth-order valence-electron chi connectivity index (χ4n) is 2.60. The molecule has 154 valence electrons. The third-order valence-electron chi connectivity index (χ3n) is 4.13. The van der Waals surface area contributed by atoms with E-state index in [1.165, 1.54) is 43.1 Å². The molecule has 1 atom stereocenters. The number of aromatic nitrogens is 2. The second-order valence-corrected chi connectivity index (χ2v) is 6.14. The van der Waals surface area contributed by atoms with Gasteiger partial charge in [-0.1, -0.05) is 30.3 Å². The predicted molar refractivity (Wildman–Crippen MR) is 107 cm³/mol. The van der Waals surface area contributed by atoms with Gasteiger partial charge in [-0.15, -0.1) is 0 Å². The lowest BCUT2D eigenvalue weighted by Crippen LogP contribution is -2.30. The monoisotopic (exact) mass is 410 g/mol. The number of anilines is 1. The lowest BCUT2D eigenvalue weighted by atomic mass is 10.2. The highest BCUT2D eigenvalue weighted by atomic mass is 16.6. The third kappa shape index (κ3) is 4.43. The molecule has 0 radical (unpaired) electrons. The van der Waals surface area contributed by atoms with E-state index in [2.05, 4.69) is 10.4 Å². The van der Waals surface area contributed by atoms with Crippen molar-refractivity contribution in [1.82, 2.24) is 9.78 Å². The molecule has 0 aliphatic rings. The number of hydrogen-bond donors (Lipinski definition) is 1. The van der Waals surface area contributed by atoms with Crippen LogP contribution < -0.4 is 10.1 Å². The number of nitro benzene ring substituents is 1. The summed E-state index contributed by atoms with van der Waals surface area (Å²) in [6.45, 7) is 1.35. The number of amides is 1. The van der Waals surface area contributed by atoms with Gasteiger partial charge in [0.15, 0.2) is 11.9 Å². The van der Waals surface area contributed by atoms with E-state index >= 15 is 0 Å². The van der Waals surface area contributed by atoms with Gasteiger partial charge in [0, 0.05) is 6.07 Å². The maximum atomic E-state index is 12.5. The zero-order valence-corrected chi connectivity index (χ0v) is 16.1. The summed E-state index contributed by atoms with van der Waals surface area (Å²) < 4.78 is 11.8. The summed E-state index contributed by atoms with van der Waals surface area (Å²) in [5.74, 6) is -1.42. The number of carbonyl (C=O) groups excluding carboxylic acids is 2. The Bertz CT molecular complexity index is 1080. The smallest absolute Gasteiger partial charge is 0.363 e. The molecule has 3 rings (SSSR count). The number of para-hydroxylation sites is 3. The van der Waals surface area contributed by atoms with E-state index in [0.29, 0.717) is 5.69 Å². The summed E-state index contributed by atoms with van der Waals surface area (Å²) in [5, 5.41) is 17.6. The van der Waals surface area contributed by atoms with Crippen molar-refractivity contribution in [2.75, 3.05) is 12.4 Å². The molecule has 0 unspecified atom stereocenters. The number of benzene rings is 2. The average Bonchev–Trinajstić information content (AvgIpc) is 3.19. The molecule has 0 saturated heterocycles. The van der Waals surface area contributed by atoms with Crippen LogP contribution in [0.25, 0.3) is 5.69 Å². The van der Waals surface area contributed by atoms with Gasteiger partial charge in [0.1, 0.15) is 5.69 Å². The highest BCUT2D eigenvalue weighted by molar-refractivity contribution is 5.98. The minimum absolute atomic E-state index is 0.00124. The van der Waals surface area contributed by atoms with Crippen LogP contribution in [0.1, 0.15) is 17.4 Å². The number of rotatable bonds is 7. The molecule has 0 fully saturated rings. The number of carbonyl (C=O) groups is 2. The first-order valence-electron chi connectivity index (χ1n) is 8.85. The second kappa shape index (κ2) is 8.86.